The number of pyridine rings is 1. The van der Waals surface area contributed by atoms with Crippen LogP contribution in [0.3, 0.4) is 0 Å². The van der Waals surface area contributed by atoms with Crippen LogP contribution in [0.15, 0.2) is 47.6 Å². The van der Waals surface area contributed by atoms with E-state index in [0.717, 1.165) is 19.3 Å². The number of rotatable bonds is 4. The average molecular weight is 316 g/mol. The second-order valence-corrected chi connectivity index (χ2v) is 7.38. The number of aromatic nitrogens is 1. The third kappa shape index (κ3) is 2.73. The van der Waals surface area contributed by atoms with E-state index in [1.807, 2.05) is 19.1 Å². The zero-order valence-electron chi connectivity index (χ0n) is 12.7. The fraction of sp³-hybridized carbons (Fsp3) is 0.353. The second-order valence-electron chi connectivity index (χ2n) is 5.51. The molecule has 116 valence electrons. The fourth-order valence-corrected chi connectivity index (χ4v) is 4.52. The highest BCUT2D eigenvalue weighted by Gasteiger charge is 2.24. The van der Waals surface area contributed by atoms with Crippen molar-refractivity contribution >= 4 is 15.7 Å². The third-order valence-electron chi connectivity index (χ3n) is 4.15. The Labute approximate surface area is 131 Å². The van der Waals surface area contributed by atoms with Gasteiger partial charge in [0.2, 0.25) is 0 Å². The molecule has 3 rings (SSSR count). The molecule has 1 heterocycles. The first-order valence-electron chi connectivity index (χ1n) is 7.67. The first-order valence-corrected chi connectivity index (χ1v) is 9.11. The van der Waals surface area contributed by atoms with E-state index in [9.17, 15) is 8.42 Å². The lowest BCUT2D eigenvalue weighted by Gasteiger charge is -2.24. The van der Waals surface area contributed by atoms with Crippen LogP contribution in [0.4, 0.5) is 5.69 Å². The Bertz CT molecular complexity index is 757. The van der Waals surface area contributed by atoms with Crippen molar-refractivity contribution in [1.29, 1.82) is 0 Å². The second kappa shape index (κ2) is 6.08. The van der Waals surface area contributed by atoms with Gasteiger partial charge >= 0.3 is 0 Å². The molecule has 4 nitrogen and oxygen atoms in total. The first kappa shape index (κ1) is 15.0. The van der Waals surface area contributed by atoms with E-state index in [1.54, 1.807) is 30.6 Å². The topological polar surface area (TPSA) is 50.3 Å². The number of aryl methyl sites for hydroxylation is 2. The van der Waals surface area contributed by atoms with Crippen LogP contribution in [0.2, 0.25) is 0 Å². The summed E-state index contributed by atoms with van der Waals surface area (Å²) < 4.78 is 27.3. The van der Waals surface area contributed by atoms with Crippen molar-refractivity contribution < 1.29 is 8.42 Å². The maximum Gasteiger partial charge on any atom is 0.264 e. The number of hydrogen-bond donors (Lipinski definition) is 0. The third-order valence-corrected chi connectivity index (χ3v) is 6.04. The Morgan fingerprint density at radius 3 is 2.41 bits per heavy atom. The van der Waals surface area contributed by atoms with Crippen LogP contribution >= 0.6 is 0 Å². The fourth-order valence-electron chi connectivity index (χ4n) is 3.00. The van der Waals surface area contributed by atoms with Crippen molar-refractivity contribution in [3.63, 3.8) is 0 Å². The van der Waals surface area contributed by atoms with Crippen LogP contribution in [0.5, 0.6) is 0 Å². The van der Waals surface area contributed by atoms with Crippen molar-refractivity contribution in [2.75, 3.05) is 10.8 Å². The number of nitrogens with zero attached hydrogens (tertiary/aromatic N) is 2. The molecule has 1 aromatic heterocycles. The standard InChI is InChI=1S/C17H20N2O2S/c1-2-19(16-9-11-18-12-10-16)22(20,21)17-8-7-14-5-3-4-6-15(14)13-17/h7-13H,2-6H2,1H3. The van der Waals surface area contributed by atoms with Crippen LogP contribution in [0.1, 0.15) is 30.9 Å². The average Bonchev–Trinajstić information content (AvgIpc) is 2.56. The van der Waals surface area contributed by atoms with E-state index in [4.69, 9.17) is 0 Å². The van der Waals surface area contributed by atoms with Crippen LogP contribution < -0.4 is 4.31 Å². The van der Waals surface area contributed by atoms with E-state index >= 15 is 0 Å². The minimum Gasteiger partial charge on any atom is -0.267 e. The molecule has 1 aliphatic carbocycles. The molecule has 0 saturated carbocycles. The highest BCUT2D eigenvalue weighted by atomic mass is 32.2. The summed E-state index contributed by atoms with van der Waals surface area (Å²) >= 11 is 0. The van der Waals surface area contributed by atoms with Crippen LogP contribution in [0, 0.1) is 0 Å². The molecular formula is C17H20N2O2S. The van der Waals surface area contributed by atoms with Gasteiger partial charge < -0.3 is 0 Å². The van der Waals surface area contributed by atoms with Crippen LogP contribution in [-0.2, 0) is 22.9 Å². The van der Waals surface area contributed by atoms with Gasteiger partial charge in [0, 0.05) is 18.9 Å². The van der Waals surface area contributed by atoms with Gasteiger partial charge in [-0.25, -0.2) is 8.42 Å². The maximum absolute atomic E-state index is 13.0. The molecule has 0 saturated heterocycles. The normalized spacial score (nSPS) is 14.4. The van der Waals surface area contributed by atoms with Gasteiger partial charge in [-0.15, -0.1) is 0 Å². The Morgan fingerprint density at radius 2 is 1.73 bits per heavy atom. The maximum atomic E-state index is 13.0. The molecule has 0 unspecified atom stereocenters. The Morgan fingerprint density at radius 1 is 1.05 bits per heavy atom. The minimum absolute atomic E-state index is 0.381. The summed E-state index contributed by atoms with van der Waals surface area (Å²) in [5.41, 5.74) is 3.12. The molecule has 2 aromatic rings. The van der Waals surface area contributed by atoms with Crippen molar-refractivity contribution in [2.45, 2.75) is 37.5 Å². The van der Waals surface area contributed by atoms with Gasteiger partial charge in [0.05, 0.1) is 10.6 Å². The molecule has 0 N–H and O–H groups in total. The van der Waals surface area contributed by atoms with Gasteiger partial charge in [0.1, 0.15) is 0 Å². The smallest absolute Gasteiger partial charge is 0.264 e. The summed E-state index contributed by atoms with van der Waals surface area (Å²) in [5.74, 6) is 0. The monoisotopic (exact) mass is 316 g/mol. The molecule has 22 heavy (non-hydrogen) atoms. The lowest BCUT2D eigenvalue weighted by atomic mass is 9.92. The van der Waals surface area contributed by atoms with Crippen molar-refractivity contribution in [1.82, 2.24) is 4.98 Å². The van der Waals surface area contributed by atoms with Crippen molar-refractivity contribution in [3.8, 4) is 0 Å². The van der Waals surface area contributed by atoms with Crippen LogP contribution in [-0.4, -0.2) is 19.9 Å². The minimum atomic E-state index is -3.53. The SMILES string of the molecule is CCN(c1ccncc1)S(=O)(=O)c1ccc2c(c1)CCCC2. The van der Waals surface area contributed by atoms with E-state index in [0.29, 0.717) is 17.1 Å². The Kier molecular flexibility index (Phi) is 4.16. The quantitative estimate of drug-likeness (QED) is 0.870. The van der Waals surface area contributed by atoms with Crippen LogP contribution in [0.25, 0.3) is 0 Å². The number of hydrogen-bond acceptors (Lipinski definition) is 3. The highest BCUT2D eigenvalue weighted by Crippen LogP contribution is 2.27. The zero-order valence-corrected chi connectivity index (χ0v) is 13.5. The molecule has 1 aliphatic rings. The van der Waals surface area contributed by atoms with Gasteiger partial charge in [-0.3, -0.25) is 9.29 Å². The Hall–Kier alpha value is -1.88. The zero-order chi connectivity index (χ0) is 15.6. The number of benzene rings is 1. The first-order chi connectivity index (χ1) is 10.6. The Balaban J connectivity index is 2.01. The molecule has 0 fully saturated rings. The van der Waals surface area contributed by atoms with Gasteiger partial charge in [0.15, 0.2) is 0 Å². The summed E-state index contributed by atoms with van der Waals surface area (Å²) in [6, 6.07) is 9.01. The molecule has 0 amide bonds. The van der Waals surface area contributed by atoms with Gasteiger partial charge in [0.25, 0.3) is 10.0 Å². The molecule has 0 bridgehead atoms. The van der Waals surface area contributed by atoms with E-state index in [2.05, 4.69) is 4.98 Å². The van der Waals surface area contributed by atoms with Gasteiger partial charge in [-0.05, 0) is 68.0 Å². The molecule has 0 spiro atoms. The van der Waals surface area contributed by atoms with Crippen molar-refractivity contribution in [2.24, 2.45) is 0 Å². The lowest BCUT2D eigenvalue weighted by Crippen LogP contribution is -2.31. The molecule has 0 atom stereocenters. The summed E-state index contributed by atoms with van der Waals surface area (Å²) in [4.78, 5) is 4.33. The predicted octanol–water partition coefficient (Wildman–Crippen LogP) is 3.18. The summed E-state index contributed by atoms with van der Waals surface area (Å²) in [6.45, 7) is 2.24. The molecule has 0 aliphatic heterocycles. The number of sulfonamides is 1. The van der Waals surface area contributed by atoms with E-state index in [-0.39, 0.29) is 0 Å². The number of anilines is 1. The molecule has 1 aromatic carbocycles. The number of fused-ring (bicyclic) bond motifs is 1. The summed E-state index contributed by atoms with van der Waals surface area (Å²) in [5, 5.41) is 0. The van der Waals surface area contributed by atoms with E-state index in [1.165, 1.54) is 21.9 Å². The molecular weight excluding hydrogens is 296 g/mol. The molecule has 0 radical (unpaired) electrons. The van der Waals surface area contributed by atoms with E-state index < -0.39 is 10.0 Å². The van der Waals surface area contributed by atoms with Gasteiger partial charge in [-0.1, -0.05) is 6.07 Å². The lowest BCUT2D eigenvalue weighted by molar-refractivity contribution is 0.591. The highest BCUT2D eigenvalue weighted by molar-refractivity contribution is 7.92. The largest absolute Gasteiger partial charge is 0.267 e. The molecule has 5 heteroatoms. The predicted molar refractivity (Wildman–Crippen MR) is 87.5 cm³/mol. The van der Waals surface area contributed by atoms with Crippen molar-refractivity contribution in [3.05, 3.63) is 53.9 Å². The summed E-state index contributed by atoms with van der Waals surface area (Å²) in [7, 11) is -3.53. The summed E-state index contributed by atoms with van der Waals surface area (Å²) in [6.07, 6.45) is 7.58. The van der Waals surface area contributed by atoms with Gasteiger partial charge in [-0.2, -0.15) is 0 Å².